The second-order valence-electron chi connectivity index (χ2n) is 9.69. The number of thioether (sulfide) groups is 1. The van der Waals surface area contributed by atoms with Gasteiger partial charge in [-0.25, -0.2) is 13.6 Å². The summed E-state index contributed by atoms with van der Waals surface area (Å²) in [7, 11) is 0. The number of halogens is 3. The monoisotopic (exact) mass is 544 g/mol. The van der Waals surface area contributed by atoms with Crippen LogP contribution in [0, 0.1) is 18.6 Å². The molecule has 9 heteroatoms. The molecule has 1 N–H and O–H groups in total. The topological polar surface area (TPSA) is 62.5 Å². The molecule has 1 aliphatic rings. The van der Waals surface area contributed by atoms with Crippen LogP contribution in [0.5, 0.6) is 0 Å². The van der Waals surface area contributed by atoms with Crippen LogP contribution < -0.4 is 4.90 Å². The third-order valence-corrected chi connectivity index (χ3v) is 8.08. The molecular formula is C28H27ClF2N2O3S. The Bertz CT molecular complexity index is 1510. The van der Waals surface area contributed by atoms with E-state index in [4.69, 9.17) is 11.6 Å². The van der Waals surface area contributed by atoms with E-state index in [9.17, 15) is 19.1 Å². The van der Waals surface area contributed by atoms with Crippen molar-refractivity contribution >= 4 is 51.8 Å². The van der Waals surface area contributed by atoms with Gasteiger partial charge in [-0.2, -0.15) is 0 Å². The van der Waals surface area contributed by atoms with Gasteiger partial charge in [0, 0.05) is 27.9 Å². The SMILES string of the molecule is CC=C(C=C(C)Sc1c(C)n(CC(=O)N2CC(C)(C)c3ccc(F)cc32)c2c(F)c(Cl)ccc12)C(=O)O. The summed E-state index contributed by atoms with van der Waals surface area (Å²) in [6.07, 6.45) is 3.05. The maximum atomic E-state index is 15.4. The average Bonchev–Trinajstić information content (AvgIpc) is 3.24. The van der Waals surface area contributed by atoms with E-state index in [1.54, 1.807) is 48.4 Å². The Labute approximate surface area is 223 Å². The molecule has 194 valence electrons. The van der Waals surface area contributed by atoms with Crippen LogP contribution in [0.4, 0.5) is 14.5 Å². The van der Waals surface area contributed by atoms with E-state index in [0.29, 0.717) is 33.1 Å². The first-order valence-electron chi connectivity index (χ1n) is 11.7. The van der Waals surface area contributed by atoms with Gasteiger partial charge in [-0.3, -0.25) is 4.79 Å². The van der Waals surface area contributed by atoms with Gasteiger partial charge in [-0.05, 0) is 61.6 Å². The Balaban J connectivity index is 1.78. The zero-order valence-corrected chi connectivity index (χ0v) is 22.7. The highest BCUT2D eigenvalue weighted by Crippen LogP contribution is 2.43. The molecule has 0 bridgehead atoms. The van der Waals surface area contributed by atoms with E-state index in [1.807, 2.05) is 13.8 Å². The lowest BCUT2D eigenvalue weighted by Crippen LogP contribution is -2.36. The first kappa shape index (κ1) is 26.9. The molecule has 2 aromatic carbocycles. The molecule has 1 amide bonds. The fourth-order valence-corrected chi connectivity index (χ4v) is 5.98. The number of hydrogen-bond donors (Lipinski definition) is 1. The Morgan fingerprint density at radius 2 is 1.92 bits per heavy atom. The minimum absolute atomic E-state index is 0.0701. The molecule has 0 spiro atoms. The number of anilines is 1. The zero-order valence-electron chi connectivity index (χ0n) is 21.2. The van der Waals surface area contributed by atoms with Crippen LogP contribution in [0.15, 0.2) is 57.9 Å². The van der Waals surface area contributed by atoms with Crippen molar-refractivity contribution in [1.29, 1.82) is 0 Å². The molecule has 0 atom stereocenters. The normalized spacial score (nSPS) is 15.4. The van der Waals surface area contributed by atoms with E-state index < -0.39 is 17.6 Å². The van der Waals surface area contributed by atoms with E-state index in [2.05, 4.69) is 0 Å². The average molecular weight is 545 g/mol. The largest absolute Gasteiger partial charge is 0.478 e. The molecule has 3 aromatic rings. The van der Waals surface area contributed by atoms with E-state index in [0.717, 1.165) is 5.56 Å². The molecule has 0 saturated carbocycles. The lowest BCUT2D eigenvalue weighted by Gasteiger charge is -2.22. The minimum atomic E-state index is -1.05. The third-order valence-electron chi connectivity index (χ3n) is 6.62. The van der Waals surface area contributed by atoms with Gasteiger partial charge in [-0.1, -0.05) is 49.4 Å². The Morgan fingerprint density at radius 1 is 1.22 bits per heavy atom. The molecule has 0 aliphatic carbocycles. The van der Waals surface area contributed by atoms with Crippen molar-refractivity contribution in [3.05, 3.63) is 80.9 Å². The van der Waals surface area contributed by atoms with Gasteiger partial charge in [0.15, 0.2) is 5.82 Å². The minimum Gasteiger partial charge on any atom is -0.478 e. The number of hydrogen-bond acceptors (Lipinski definition) is 3. The summed E-state index contributed by atoms with van der Waals surface area (Å²) in [6, 6.07) is 7.61. The second-order valence-corrected chi connectivity index (χ2v) is 11.4. The highest BCUT2D eigenvalue weighted by Gasteiger charge is 2.38. The van der Waals surface area contributed by atoms with E-state index >= 15 is 4.39 Å². The van der Waals surface area contributed by atoms with Gasteiger partial charge in [0.25, 0.3) is 0 Å². The molecule has 0 saturated heterocycles. The van der Waals surface area contributed by atoms with Gasteiger partial charge in [0.05, 0.1) is 21.8 Å². The van der Waals surface area contributed by atoms with Crippen molar-refractivity contribution in [3.8, 4) is 0 Å². The van der Waals surface area contributed by atoms with E-state index in [-0.39, 0.29) is 34.0 Å². The Morgan fingerprint density at radius 3 is 2.57 bits per heavy atom. The number of rotatable bonds is 6. The maximum absolute atomic E-state index is 15.4. The Kier molecular flexibility index (Phi) is 7.27. The Hall–Kier alpha value is -3.10. The highest BCUT2D eigenvalue weighted by molar-refractivity contribution is 8.03. The molecule has 0 fully saturated rings. The van der Waals surface area contributed by atoms with Crippen molar-refractivity contribution in [1.82, 2.24) is 4.57 Å². The van der Waals surface area contributed by atoms with Gasteiger partial charge in [-0.15, -0.1) is 0 Å². The van der Waals surface area contributed by atoms with Crippen LogP contribution in [-0.2, 0) is 21.5 Å². The van der Waals surface area contributed by atoms with Crippen molar-refractivity contribution in [2.75, 3.05) is 11.4 Å². The van der Waals surface area contributed by atoms with Crippen LogP contribution in [-0.4, -0.2) is 28.1 Å². The molecule has 1 aliphatic heterocycles. The fraction of sp³-hybridized carbons (Fsp3) is 0.286. The van der Waals surface area contributed by atoms with Crippen LogP contribution in [0.1, 0.15) is 39.0 Å². The first-order chi connectivity index (χ1) is 17.4. The first-order valence-corrected chi connectivity index (χ1v) is 12.9. The highest BCUT2D eigenvalue weighted by atomic mass is 35.5. The molecular weight excluding hydrogens is 518 g/mol. The number of aliphatic carboxylic acids is 1. The molecule has 0 radical (unpaired) electrons. The predicted molar refractivity (Wildman–Crippen MR) is 144 cm³/mol. The number of carboxylic acids is 1. The number of carbonyl (C=O) groups excluding carboxylic acids is 1. The number of nitrogens with zero attached hydrogens (tertiary/aromatic N) is 2. The summed E-state index contributed by atoms with van der Waals surface area (Å²) in [5, 5.41) is 9.85. The number of carboxylic acid groups (broad SMARTS) is 1. The zero-order chi connectivity index (χ0) is 27.2. The summed E-state index contributed by atoms with van der Waals surface area (Å²) < 4.78 is 31.0. The van der Waals surface area contributed by atoms with Crippen LogP contribution in [0.25, 0.3) is 10.9 Å². The predicted octanol–water partition coefficient (Wildman–Crippen LogP) is 7.23. The molecule has 4 rings (SSSR count). The number of carbonyl (C=O) groups is 2. The molecule has 1 aromatic heterocycles. The summed E-state index contributed by atoms with van der Waals surface area (Å²) >= 11 is 7.42. The second kappa shape index (κ2) is 9.99. The summed E-state index contributed by atoms with van der Waals surface area (Å²) in [5.41, 5.74) is 2.00. The van der Waals surface area contributed by atoms with Gasteiger partial charge < -0.3 is 14.6 Å². The molecule has 0 unspecified atom stereocenters. The number of allylic oxidation sites excluding steroid dienone is 2. The van der Waals surface area contributed by atoms with Gasteiger partial charge in [0.2, 0.25) is 5.91 Å². The van der Waals surface area contributed by atoms with Crippen LogP contribution in [0.3, 0.4) is 0 Å². The van der Waals surface area contributed by atoms with Crippen LogP contribution in [0.2, 0.25) is 5.02 Å². The lowest BCUT2D eigenvalue weighted by atomic mass is 9.87. The standard InChI is InChI=1S/C28H27ClF2N2O3S/c1-6-17(27(35)36)11-15(2)37-26-16(3)32(25-19(26)8-10-21(29)24(25)31)13-23(34)33-14-28(4,5)20-9-7-18(30)12-22(20)33/h6-12H,13-14H2,1-5H3,(H,35,36). The molecule has 37 heavy (non-hydrogen) atoms. The summed E-state index contributed by atoms with van der Waals surface area (Å²) in [6.45, 7) is 9.38. The van der Waals surface area contributed by atoms with Crippen molar-refractivity contribution in [3.63, 3.8) is 0 Å². The van der Waals surface area contributed by atoms with Crippen molar-refractivity contribution < 1.29 is 23.5 Å². The van der Waals surface area contributed by atoms with Crippen molar-refractivity contribution in [2.45, 2.75) is 51.5 Å². The number of amides is 1. The smallest absolute Gasteiger partial charge is 0.335 e. The molecule has 5 nitrogen and oxygen atoms in total. The number of fused-ring (bicyclic) bond motifs is 2. The maximum Gasteiger partial charge on any atom is 0.335 e. The number of aromatic nitrogens is 1. The van der Waals surface area contributed by atoms with Crippen molar-refractivity contribution in [2.24, 2.45) is 0 Å². The van der Waals surface area contributed by atoms with E-state index in [1.165, 1.54) is 36.0 Å². The van der Waals surface area contributed by atoms with Crippen LogP contribution >= 0.6 is 23.4 Å². The summed E-state index contributed by atoms with van der Waals surface area (Å²) in [4.78, 5) is 28.0. The van der Waals surface area contributed by atoms with Gasteiger partial charge in [0.1, 0.15) is 12.4 Å². The molecule has 2 heterocycles. The lowest BCUT2D eigenvalue weighted by molar-refractivity contribution is -0.132. The quantitative estimate of drug-likeness (QED) is 0.202. The summed E-state index contributed by atoms with van der Waals surface area (Å²) in [5.74, 6) is -2.42. The fourth-order valence-electron chi connectivity index (χ4n) is 4.79. The number of benzene rings is 2. The van der Waals surface area contributed by atoms with Gasteiger partial charge >= 0.3 is 5.97 Å². The third kappa shape index (κ3) is 4.92.